The van der Waals surface area contributed by atoms with Crippen molar-refractivity contribution in [2.24, 2.45) is 0 Å². The van der Waals surface area contributed by atoms with E-state index in [0.717, 1.165) is 11.5 Å². The van der Waals surface area contributed by atoms with Crippen molar-refractivity contribution in [2.45, 2.75) is 50.8 Å². The molecule has 0 atom stereocenters. The number of hydrogen-bond acceptors (Lipinski definition) is 3. The van der Waals surface area contributed by atoms with Gasteiger partial charge in [-0.1, -0.05) is 63.1 Å². The van der Waals surface area contributed by atoms with E-state index in [0.29, 0.717) is 18.6 Å². The second-order valence-corrected chi connectivity index (χ2v) is 6.89. The van der Waals surface area contributed by atoms with Crippen LogP contribution >= 0.6 is 11.6 Å². The molecule has 0 aromatic heterocycles. The van der Waals surface area contributed by atoms with E-state index in [1.165, 1.54) is 44.9 Å². The molecule has 4 heteroatoms. The highest BCUT2D eigenvalue weighted by molar-refractivity contribution is 8.27. The van der Waals surface area contributed by atoms with Gasteiger partial charge in [0.25, 0.3) is 0 Å². The first-order chi connectivity index (χ1) is 10.4. The second kappa shape index (κ2) is 7.83. The summed E-state index contributed by atoms with van der Waals surface area (Å²) >= 11 is 1.84. The molecule has 0 bridgehead atoms. The van der Waals surface area contributed by atoms with Crippen LogP contribution in [0.1, 0.15) is 44.9 Å². The quantitative estimate of drug-likeness (QED) is 0.706. The normalized spacial score (nSPS) is 20.4. The number of rotatable bonds is 4. The number of hydrogen-bond donors (Lipinski definition) is 0. The van der Waals surface area contributed by atoms with E-state index in [1.54, 1.807) is 0 Å². The Labute approximate surface area is 132 Å². The minimum absolute atomic E-state index is 0.317. The van der Waals surface area contributed by atoms with Gasteiger partial charge in [0.15, 0.2) is 0 Å². The van der Waals surface area contributed by atoms with Crippen molar-refractivity contribution < 1.29 is 9.39 Å². The molecule has 21 heavy (non-hydrogen) atoms. The lowest BCUT2D eigenvalue weighted by molar-refractivity contribution is 0.283. The number of ether oxygens (including phenoxy) is 1. The summed E-state index contributed by atoms with van der Waals surface area (Å²) in [5, 5.41) is 2.15. The van der Waals surface area contributed by atoms with E-state index < -0.39 is 0 Å². The lowest BCUT2D eigenvalue weighted by Gasteiger charge is -2.22. The van der Waals surface area contributed by atoms with Crippen LogP contribution in [0.3, 0.4) is 0 Å². The fourth-order valence-corrected chi connectivity index (χ4v) is 4.14. The maximum Gasteiger partial charge on any atom is 0.433 e. The van der Waals surface area contributed by atoms with Crippen LogP contribution in [0.2, 0.25) is 5.82 Å². The zero-order valence-electron chi connectivity index (χ0n) is 12.5. The van der Waals surface area contributed by atoms with Crippen LogP contribution in [0.15, 0.2) is 41.5 Å². The van der Waals surface area contributed by atoms with E-state index in [4.69, 9.17) is 9.39 Å². The van der Waals surface area contributed by atoms with Crippen LogP contribution in [0.4, 0.5) is 0 Å². The van der Waals surface area contributed by atoms with Gasteiger partial charge >= 0.3 is 6.19 Å². The summed E-state index contributed by atoms with van der Waals surface area (Å²) in [6, 6.07) is 9.94. The molecule has 3 rings (SSSR count). The molecule has 0 saturated heterocycles. The standard InChI is InChI=1S/C17H23BO2S/c1-2-5-9-15(10-6-3-1)18-20-17(14-21-18)13-19-16-11-7-4-8-12-16/h4,7-8,11-12,14-15H,1-3,5-6,9-10,13H2. The molecule has 1 heterocycles. The third-order valence-electron chi connectivity index (χ3n) is 4.26. The zero-order chi connectivity index (χ0) is 14.3. The molecule has 1 aliphatic carbocycles. The second-order valence-electron chi connectivity index (χ2n) is 5.91. The molecule has 1 aromatic carbocycles. The average Bonchev–Trinajstić information content (AvgIpc) is 2.95. The summed E-state index contributed by atoms with van der Waals surface area (Å²) in [6.45, 7) is 0.542. The lowest BCUT2D eigenvalue weighted by atomic mass is 9.70. The molecule has 0 radical (unpaired) electrons. The Bertz CT molecular complexity index is 455. The molecule has 0 unspecified atom stereocenters. The van der Waals surface area contributed by atoms with Gasteiger partial charge in [0.2, 0.25) is 0 Å². The van der Waals surface area contributed by atoms with Gasteiger partial charge in [-0.25, -0.2) is 0 Å². The first-order valence-corrected chi connectivity index (χ1v) is 9.05. The molecular formula is C17H23BO2S. The monoisotopic (exact) mass is 302 g/mol. The van der Waals surface area contributed by atoms with E-state index in [-0.39, 0.29) is 0 Å². The van der Waals surface area contributed by atoms with Crippen LogP contribution in [-0.2, 0) is 4.65 Å². The topological polar surface area (TPSA) is 18.5 Å². The number of para-hydroxylation sites is 1. The summed E-state index contributed by atoms with van der Waals surface area (Å²) < 4.78 is 11.9. The summed E-state index contributed by atoms with van der Waals surface area (Å²) in [6.07, 6.45) is 9.88. The predicted molar refractivity (Wildman–Crippen MR) is 90.5 cm³/mol. The minimum Gasteiger partial charge on any atom is -0.550 e. The Morgan fingerprint density at radius 3 is 2.52 bits per heavy atom. The van der Waals surface area contributed by atoms with Gasteiger partial charge in [-0.3, -0.25) is 0 Å². The Kier molecular flexibility index (Phi) is 5.56. The highest BCUT2D eigenvalue weighted by Crippen LogP contribution is 2.39. The molecule has 112 valence electrons. The van der Waals surface area contributed by atoms with Gasteiger partial charge in [-0.05, 0) is 17.9 Å². The molecule has 1 aromatic rings. The van der Waals surface area contributed by atoms with E-state index in [9.17, 15) is 0 Å². The van der Waals surface area contributed by atoms with Crippen molar-refractivity contribution in [3.8, 4) is 5.75 Å². The van der Waals surface area contributed by atoms with Crippen molar-refractivity contribution in [2.75, 3.05) is 6.61 Å². The fraction of sp³-hybridized carbons (Fsp3) is 0.529. The van der Waals surface area contributed by atoms with Gasteiger partial charge < -0.3 is 9.39 Å². The van der Waals surface area contributed by atoms with Crippen molar-refractivity contribution in [3.63, 3.8) is 0 Å². The van der Waals surface area contributed by atoms with Crippen molar-refractivity contribution in [1.82, 2.24) is 0 Å². The molecule has 1 saturated carbocycles. The number of benzene rings is 1. The van der Waals surface area contributed by atoms with Gasteiger partial charge in [-0.15, -0.1) is 11.6 Å². The van der Waals surface area contributed by atoms with Crippen LogP contribution in [-0.4, -0.2) is 12.8 Å². The molecule has 0 N–H and O–H groups in total. The molecule has 0 amide bonds. The Balaban J connectivity index is 1.45. The van der Waals surface area contributed by atoms with Gasteiger partial charge in [0.05, 0.1) is 0 Å². The fourth-order valence-electron chi connectivity index (χ4n) is 3.05. The van der Waals surface area contributed by atoms with E-state index in [1.807, 2.05) is 41.9 Å². The maximum absolute atomic E-state index is 6.12. The third-order valence-corrected chi connectivity index (χ3v) is 5.41. The molecule has 2 aliphatic rings. The van der Waals surface area contributed by atoms with E-state index in [2.05, 4.69) is 5.41 Å². The van der Waals surface area contributed by atoms with Crippen LogP contribution in [0.5, 0.6) is 5.75 Å². The largest absolute Gasteiger partial charge is 0.550 e. The van der Waals surface area contributed by atoms with Crippen molar-refractivity contribution >= 4 is 17.8 Å². The third kappa shape index (κ3) is 4.47. The van der Waals surface area contributed by atoms with Gasteiger partial charge in [0, 0.05) is 5.41 Å². The predicted octanol–water partition coefficient (Wildman–Crippen LogP) is 5.27. The first kappa shape index (κ1) is 14.9. The van der Waals surface area contributed by atoms with Crippen molar-refractivity contribution in [1.29, 1.82) is 0 Å². The Morgan fingerprint density at radius 2 is 1.76 bits per heavy atom. The molecular weight excluding hydrogens is 279 g/mol. The lowest BCUT2D eigenvalue weighted by Crippen LogP contribution is -2.20. The SMILES string of the molecule is C1=C(COc2ccccc2)OB(C2CCCCCCC2)S1. The van der Waals surface area contributed by atoms with Crippen LogP contribution < -0.4 is 4.74 Å². The average molecular weight is 302 g/mol. The summed E-state index contributed by atoms with van der Waals surface area (Å²) in [7, 11) is 0. The van der Waals surface area contributed by atoms with Gasteiger partial charge in [-0.2, -0.15) is 0 Å². The molecule has 1 aliphatic heterocycles. The van der Waals surface area contributed by atoms with E-state index >= 15 is 0 Å². The summed E-state index contributed by atoms with van der Waals surface area (Å²) in [4.78, 5) is 0. The summed E-state index contributed by atoms with van der Waals surface area (Å²) in [5.74, 6) is 2.60. The van der Waals surface area contributed by atoms with Gasteiger partial charge in [0.1, 0.15) is 18.1 Å². The highest BCUT2D eigenvalue weighted by Gasteiger charge is 2.34. The van der Waals surface area contributed by atoms with Crippen molar-refractivity contribution in [3.05, 3.63) is 41.5 Å². The Hall–Kier alpha value is -1.03. The minimum atomic E-state index is 0.317. The summed E-state index contributed by atoms with van der Waals surface area (Å²) in [5.41, 5.74) is 0. The smallest absolute Gasteiger partial charge is 0.433 e. The molecule has 1 fully saturated rings. The molecule has 2 nitrogen and oxygen atoms in total. The molecule has 0 spiro atoms. The maximum atomic E-state index is 6.12. The van der Waals surface area contributed by atoms with Crippen LogP contribution in [0, 0.1) is 0 Å². The van der Waals surface area contributed by atoms with Crippen LogP contribution in [0.25, 0.3) is 0 Å². The highest BCUT2D eigenvalue weighted by atomic mass is 32.2. The first-order valence-electron chi connectivity index (χ1n) is 8.11. The Morgan fingerprint density at radius 1 is 1.05 bits per heavy atom. The zero-order valence-corrected chi connectivity index (χ0v) is 13.3.